The zero-order valence-electron chi connectivity index (χ0n) is 25.5. The molecule has 45 heavy (non-hydrogen) atoms. The van der Waals surface area contributed by atoms with E-state index in [9.17, 15) is 5.11 Å². The average Bonchev–Trinajstić information content (AvgIpc) is 3.80. The van der Waals surface area contributed by atoms with E-state index in [0.717, 1.165) is 102 Å². The number of nitrogens with one attached hydrogen (secondary N) is 1. The lowest BCUT2D eigenvalue weighted by molar-refractivity contribution is -0.00332. The first-order chi connectivity index (χ1) is 22.0. The Labute approximate surface area is 261 Å². The SMILES string of the molecule is Oc1cc(-c2ncc3c(N4CC5CCC(C4)N5)nc(OCC4(N5CCOCC5)CC4)nc3c2F)c2c3c(ccc2c1)CCCC3. The Morgan fingerprint density at radius 3 is 2.64 bits per heavy atom. The molecule has 3 saturated heterocycles. The van der Waals surface area contributed by atoms with Crippen molar-refractivity contribution in [3.63, 3.8) is 0 Å². The van der Waals surface area contributed by atoms with Crippen LogP contribution < -0.4 is 15.0 Å². The number of nitrogens with zero attached hydrogens (tertiary/aromatic N) is 5. The third kappa shape index (κ3) is 4.80. The number of aryl methyl sites for hydroxylation is 2. The number of hydrogen-bond donors (Lipinski definition) is 2. The quantitative estimate of drug-likeness (QED) is 0.321. The molecule has 9 rings (SSSR count). The molecule has 3 aliphatic heterocycles. The predicted molar refractivity (Wildman–Crippen MR) is 171 cm³/mol. The van der Waals surface area contributed by atoms with E-state index in [4.69, 9.17) is 24.4 Å². The molecule has 2 N–H and O–H groups in total. The number of rotatable bonds is 6. The van der Waals surface area contributed by atoms with E-state index < -0.39 is 5.82 Å². The van der Waals surface area contributed by atoms with Crippen LogP contribution in [0.5, 0.6) is 11.8 Å². The van der Waals surface area contributed by atoms with Gasteiger partial charge in [0.1, 0.15) is 29.4 Å². The molecule has 2 atom stereocenters. The molecule has 0 radical (unpaired) electrons. The van der Waals surface area contributed by atoms with Gasteiger partial charge in [0.2, 0.25) is 0 Å². The second-order valence-corrected chi connectivity index (χ2v) is 13.7. The average molecular weight is 611 g/mol. The summed E-state index contributed by atoms with van der Waals surface area (Å²) < 4.78 is 28.9. The van der Waals surface area contributed by atoms with Gasteiger partial charge in [-0.2, -0.15) is 9.97 Å². The van der Waals surface area contributed by atoms with Gasteiger partial charge in [-0.15, -0.1) is 0 Å². The monoisotopic (exact) mass is 610 g/mol. The van der Waals surface area contributed by atoms with Crippen molar-refractivity contribution in [2.75, 3.05) is 50.9 Å². The number of phenols is 1. The maximum Gasteiger partial charge on any atom is 0.319 e. The standard InChI is InChI=1S/C35H39FN6O3/c36-30-31(27-16-25(43)15-22-6-5-21-3-1-2-4-26(21)29(22)27)37-17-28-32(30)39-34(40-33(28)41-18-23-7-8-24(19-41)38-23)45-20-35(9-10-35)42-11-13-44-14-12-42/h5-6,15-17,23-24,38,43H,1-4,7-14,18-20H2. The van der Waals surface area contributed by atoms with Gasteiger partial charge in [-0.05, 0) is 85.4 Å². The van der Waals surface area contributed by atoms with Crippen LogP contribution >= 0.6 is 0 Å². The summed E-state index contributed by atoms with van der Waals surface area (Å²) in [7, 11) is 0. The molecule has 0 amide bonds. The number of ether oxygens (including phenoxy) is 2. The molecule has 5 heterocycles. The van der Waals surface area contributed by atoms with Crippen molar-refractivity contribution in [3.8, 4) is 23.0 Å². The molecule has 0 spiro atoms. The lowest BCUT2D eigenvalue weighted by atomic mass is 9.85. The molecule has 234 valence electrons. The molecule has 2 aliphatic carbocycles. The smallest absolute Gasteiger partial charge is 0.319 e. The van der Waals surface area contributed by atoms with E-state index in [1.165, 1.54) is 11.1 Å². The molecule has 4 fully saturated rings. The number of halogens is 1. The minimum absolute atomic E-state index is 0.0298. The number of aromatic nitrogens is 3. The van der Waals surface area contributed by atoms with Crippen LogP contribution in [0, 0.1) is 5.82 Å². The molecule has 4 aromatic rings. The predicted octanol–water partition coefficient (Wildman–Crippen LogP) is 4.75. The van der Waals surface area contributed by atoms with Gasteiger partial charge in [0.15, 0.2) is 5.82 Å². The zero-order chi connectivity index (χ0) is 30.1. The van der Waals surface area contributed by atoms with Crippen LogP contribution in [0.4, 0.5) is 10.2 Å². The summed E-state index contributed by atoms with van der Waals surface area (Å²) >= 11 is 0. The largest absolute Gasteiger partial charge is 0.508 e. The number of benzene rings is 2. The van der Waals surface area contributed by atoms with Crippen LogP contribution in [0.1, 0.15) is 49.7 Å². The van der Waals surface area contributed by atoms with Crippen molar-refractivity contribution in [2.45, 2.75) is 69.0 Å². The highest BCUT2D eigenvalue weighted by atomic mass is 19.1. The molecular weight excluding hydrogens is 571 g/mol. The lowest BCUT2D eigenvalue weighted by Crippen LogP contribution is -2.51. The summed E-state index contributed by atoms with van der Waals surface area (Å²) in [6.07, 6.45) is 10.3. The van der Waals surface area contributed by atoms with Crippen molar-refractivity contribution < 1.29 is 19.0 Å². The number of hydrogen-bond acceptors (Lipinski definition) is 9. The Morgan fingerprint density at radius 2 is 1.84 bits per heavy atom. The van der Waals surface area contributed by atoms with Gasteiger partial charge in [-0.3, -0.25) is 9.88 Å². The van der Waals surface area contributed by atoms with Crippen LogP contribution in [0.3, 0.4) is 0 Å². The van der Waals surface area contributed by atoms with E-state index in [0.29, 0.717) is 35.5 Å². The maximum atomic E-state index is 17.0. The van der Waals surface area contributed by atoms with Crippen molar-refractivity contribution in [1.29, 1.82) is 0 Å². The van der Waals surface area contributed by atoms with Crippen molar-refractivity contribution >= 4 is 27.5 Å². The molecule has 1 saturated carbocycles. The summed E-state index contributed by atoms with van der Waals surface area (Å²) in [6, 6.07) is 8.58. The van der Waals surface area contributed by atoms with E-state index in [-0.39, 0.29) is 28.5 Å². The Balaban J connectivity index is 1.17. The van der Waals surface area contributed by atoms with Crippen LogP contribution in [-0.4, -0.2) is 88.6 Å². The van der Waals surface area contributed by atoms with Crippen molar-refractivity contribution in [3.05, 3.63) is 47.4 Å². The van der Waals surface area contributed by atoms with Gasteiger partial charge in [0.25, 0.3) is 0 Å². The van der Waals surface area contributed by atoms with E-state index in [1.54, 1.807) is 18.3 Å². The molecule has 2 aromatic carbocycles. The summed E-state index contributed by atoms with van der Waals surface area (Å²) in [4.78, 5) is 19.1. The molecule has 2 unspecified atom stereocenters. The van der Waals surface area contributed by atoms with Gasteiger partial charge in [-0.1, -0.05) is 12.1 Å². The van der Waals surface area contributed by atoms with Crippen LogP contribution in [-0.2, 0) is 17.6 Å². The zero-order valence-corrected chi connectivity index (χ0v) is 25.5. The Kier molecular flexibility index (Phi) is 6.61. The number of piperazine rings is 1. The van der Waals surface area contributed by atoms with Gasteiger partial charge < -0.3 is 24.8 Å². The normalized spacial score (nSPS) is 24.2. The molecule has 9 nitrogen and oxygen atoms in total. The summed E-state index contributed by atoms with van der Waals surface area (Å²) in [5.74, 6) is 0.269. The fraction of sp³-hybridized carbons (Fsp3) is 0.514. The summed E-state index contributed by atoms with van der Waals surface area (Å²) in [6.45, 7) is 5.31. The number of aromatic hydroxyl groups is 1. The molecule has 10 heteroatoms. The second-order valence-electron chi connectivity index (χ2n) is 13.7. The fourth-order valence-corrected chi connectivity index (χ4v) is 8.31. The van der Waals surface area contributed by atoms with E-state index >= 15 is 4.39 Å². The fourth-order valence-electron chi connectivity index (χ4n) is 8.31. The van der Waals surface area contributed by atoms with Gasteiger partial charge >= 0.3 is 6.01 Å². The third-order valence-electron chi connectivity index (χ3n) is 10.8. The highest BCUT2D eigenvalue weighted by molar-refractivity contribution is 6.02. The van der Waals surface area contributed by atoms with Gasteiger partial charge in [-0.25, -0.2) is 4.39 Å². The number of morpholine rings is 1. The first kappa shape index (κ1) is 27.7. The summed E-state index contributed by atoms with van der Waals surface area (Å²) in [5.41, 5.74) is 3.52. The molecule has 5 aliphatic rings. The second kappa shape index (κ2) is 10.7. The Bertz CT molecular complexity index is 1790. The van der Waals surface area contributed by atoms with E-state index in [2.05, 4.69) is 21.2 Å². The highest BCUT2D eigenvalue weighted by Crippen LogP contribution is 2.44. The highest BCUT2D eigenvalue weighted by Gasteiger charge is 2.49. The van der Waals surface area contributed by atoms with Crippen LogP contribution in [0.15, 0.2) is 30.5 Å². The van der Waals surface area contributed by atoms with E-state index in [1.807, 2.05) is 6.07 Å². The number of pyridine rings is 1. The lowest BCUT2D eigenvalue weighted by Gasteiger charge is -2.35. The van der Waals surface area contributed by atoms with Gasteiger partial charge in [0, 0.05) is 50.0 Å². The Hall–Kier alpha value is -3.60. The maximum absolute atomic E-state index is 17.0. The van der Waals surface area contributed by atoms with Crippen molar-refractivity contribution in [2.24, 2.45) is 0 Å². The summed E-state index contributed by atoms with van der Waals surface area (Å²) in [5, 5.41) is 16.9. The van der Waals surface area contributed by atoms with Crippen LogP contribution in [0.2, 0.25) is 0 Å². The molecular formula is C35H39FN6O3. The first-order valence-corrected chi connectivity index (χ1v) is 16.7. The number of anilines is 1. The third-order valence-corrected chi connectivity index (χ3v) is 10.8. The minimum Gasteiger partial charge on any atom is -0.508 e. The number of fused-ring (bicyclic) bond motifs is 6. The van der Waals surface area contributed by atoms with Crippen molar-refractivity contribution in [1.82, 2.24) is 25.2 Å². The first-order valence-electron chi connectivity index (χ1n) is 16.7. The van der Waals surface area contributed by atoms with Crippen LogP contribution in [0.25, 0.3) is 32.9 Å². The molecule has 2 aromatic heterocycles. The minimum atomic E-state index is -0.506. The Morgan fingerprint density at radius 1 is 1.04 bits per heavy atom. The number of phenolic OH excluding ortho intramolecular Hbond substituents is 1. The molecule has 2 bridgehead atoms. The topological polar surface area (TPSA) is 95.9 Å². The van der Waals surface area contributed by atoms with Gasteiger partial charge in [0.05, 0.1) is 24.1 Å².